The number of rotatable bonds is 7. The van der Waals surface area contributed by atoms with E-state index in [2.05, 4.69) is 254 Å². The molecule has 454 valence electrons. The summed E-state index contributed by atoms with van der Waals surface area (Å²) in [6.45, 7) is 19.4. The maximum atomic E-state index is 6.34. The second-order valence-corrected chi connectivity index (χ2v) is 29.7. The molecule has 0 saturated heterocycles. The smallest absolute Gasteiger partial charge is 0.164 e. The van der Waals surface area contributed by atoms with E-state index in [1.165, 1.54) is 90.4 Å². The number of aromatic nitrogens is 3. The molecule has 16 aromatic rings. The molecule has 0 unspecified atom stereocenters. The third-order valence-electron chi connectivity index (χ3n) is 21.5. The maximum Gasteiger partial charge on any atom is 0.164 e. The van der Waals surface area contributed by atoms with E-state index in [1.54, 1.807) is 0 Å². The van der Waals surface area contributed by atoms with Crippen molar-refractivity contribution in [2.45, 2.75) is 77.0 Å². The number of anilines is 3. The van der Waals surface area contributed by atoms with Crippen molar-refractivity contribution in [1.82, 2.24) is 15.0 Å². The van der Waals surface area contributed by atoms with Crippen LogP contribution in [0.25, 0.3) is 130 Å². The third kappa shape index (κ3) is 9.03. The molecule has 0 radical (unpaired) electrons. The van der Waals surface area contributed by atoms with Crippen LogP contribution >= 0.6 is 22.7 Å². The highest BCUT2D eigenvalue weighted by molar-refractivity contribution is 7.26. The Morgan fingerprint density at radius 1 is 0.287 bits per heavy atom. The first-order valence-electron chi connectivity index (χ1n) is 32.6. The first kappa shape index (κ1) is 57.6. The number of hydrogen-bond donors (Lipinski definition) is 0. The number of hydrogen-bond acceptors (Lipinski definition) is 7. The highest BCUT2D eigenvalue weighted by Crippen LogP contribution is 2.59. The third-order valence-corrected chi connectivity index (χ3v) is 23.7. The topological polar surface area (TPSA) is 55.1 Å². The molecule has 5 nitrogen and oxygen atoms in total. The van der Waals surface area contributed by atoms with Gasteiger partial charge in [0.15, 0.2) is 17.5 Å². The van der Waals surface area contributed by atoms with Crippen molar-refractivity contribution in [3.05, 3.63) is 289 Å². The molecule has 12 aromatic carbocycles. The molecule has 0 N–H and O–H groups in total. The van der Waals surface area contributed by atoms with Gasteiger partial charge in [0.25, 0.3) is 0 Å². The van der Waals surface area contributed by atoms with Crippen LogP contribution < -0.4 is 4.90 Å². The lowest BCUT2D eigenvalue weighted by molar-refractivity contribution is 0.299. The Balaban J connectivity index is 0.000000144. The maximum absolute atomic E-state index is 6.34. The van der Waals surface area contributed by atoms with Crippen molar-refractivity contribution in [2.75, 3.05) is 4.90 Å². The Bertz CT molecular complexity index is 5640. The summed E-state index contributed by atoms with van der Waals surface area (Å²) >= 11 is 3.81. The number of fused-ring (bicyclic) bond motifs is 16. The Morgan fingerprint density at radius 3 is 1.49 bits per heavy atom. The molecule has 0 saturated carbocycles. The van der Waals surface area contributed by atoms with Crippen LogP contribution in [0.2, 0.25) is 0 Å². The van der Waals surface area contributed by atoms with Crippen LogP contribution in [-0.4, -0.2) is 15.0 Å². The zero-order valence-corrected chi connectivity index (χ0v) is 55.6. The molecule has 0 amide bonds. The lowest BCUT2D eigenvalue weighted by atomic mass is 9.54. The second-order valence-electron chi connectivity index (χ2n) is 27.5. The van der Waals surface area contributed by atoms with Gasteiger partial charge in [-0.1, -0.05) is 231 Å². The molecule has 0 aliphatic heterocycles. The summed E-state index contributed by atoms with van der Waals surface area (Å²) in [6, 6.07) is 95.9. The van der Waals surface area contributed by atoms with E-state index in [-0.39, 0.29) is 21.7 Å². The molecule has 4 heterocycles. The number of thiophene rings is 2. The van der Waals surface area contributed by atoms with Crippen LogP contribution in [0, 0.1) is 0 Å². The van der Waals surface area contributed by atoms with Gasteiger partial charge in [0, 0.05) is 96.4 Å². The van der Waals surface area contributed by atoms with Gasteiger partial charge in [-0.3, -0.25) is 0 Å². The largest absolute Gasteiger partial charge is 0.456 e. The van der Waals surface area contributed by atoms with Crippen molar-refractivity contribution < 1.29 is 4.42 Å². The van der Waals surface area contributed by atoms with E-state index in [0.29, 0.717) is 17.5 Å². The molecule has 2 aliphatic carbocycles. The Kier molecular flexibility index (Phi) is 13.3. The lowest BCUT2D eigenvalue weighted by Crippen LogP contribution is -2.43. The number of para-hydroxylation sites is 2. The van der Waals surface area contributed by atoms with Crippen molar-refractivity contribution in [1.29, 1.82) is 0 Å². The Labute approximate surface area is 556 Å². The molecule has 0 spiro atoms. The molecule has 0 fully saturated rings. The fourth-order valence-corrected chi connectivity index (χ4v) is 17.3. The Hall–Kier alpha value is -10.3. The van der Waals surface area contributed by atoms with Crippen LogP contribution in [0.3, 0.4) is 0 Å². The van der Waals surface area contributed by atoms with E-state index in [4.69, 9.17) is 19.4 Å². The Morgan fingerprint density at radius 2 is 0.777 bits per heavy atom. The summed E-state index contributed by atoms with van der Waals surface area (Å²) in [5, 5.41) is 7.76. The summed E-state index contributed by atoms with van der Waals surface area (Å²) in [6.07, 6.45) is 0. The van der Waals surface area contributed by atoms with Gasteiger partial charge in [-0.25, -0.2) is 15.0 Å². The normalized spacial score (nSPS) is 14.7. The minimum absolute atomic E-state index is 0.0803. The van der Waals surface area contributed by atoms with E-state index < -0.39 is 0 Å². The minimum atomic E-state index is -0.121. The summed E-state index contributed by atoms with van der Waals surface area (Å²) < 4.78 is 11.8. The van der Waals surface area contributed by atoms with Crippen molar-refractivity contribution >= 4 is 102 Å². The molecule has 0 bridgehead atoms. The van der Waals surface area contributed by atoms with Crippen molar-refractivity contribution in [3.8, 4) is 67.5 Å². The molecular weight excluding hydrogens is 1180 g/mol. The number of furan rings is 1. The van der Waals surface area contributed by atoms with Gasteiger partial charge >= 0.3 is 0 Å². The molecule has 18 rings (SSSR count). The van der Waals surface area contributed by atoms with E-state index in [9.17, 15) is 0 Å². The molecule has 7 heteroatoms. The van der Waals surface area contributed by atoms with Crippen LogP contribution in [-0.2, 0) is 21.7 Å². The van der Waals surface area contributed by atoms with Crippen LogP contribution in [0.4, 0.5) is 17.1 Å². The number of benzene rings is 12. The average molecular weight is 1250 g/mol. The predicted octanol–water partition coefficient (Wildman–Crippen LogP) is 24.8. The van der Waals surface area contributed by atoms with Gasteiger partial charge in [0.2, 0.25) is 0 Å². The quantitative estimate of drug-likeness (QED) is 0.159. The zero-order chi connectivity index (χ0) is 63.8. The minimum Gasteiger partial charge on any atom is -0.456 e. The summed E-state index contributed by atoms with van der Waals surface area (Å²) in [5.74, 6) is 1.99. The van der Waals surface area contributed by atoms with Gasteiger partial charge < -0.3 is 9.32 Å². The first-order chi connectivity index (χ1) is 45.6. The zero-order valence-electron chi connectivity index (χ0n) is 53.9. The van der Waals surface area contributed by atoms with E-state index >= 15 is 0 Å². The van der Waals surface area contributed by atoms with E-state index in [1.807, 2.05) is 95.5 Å². The molecule has 4 aromatic heterocycles. The lowest BCUT2D eigenvalue weighted by Gasteiger charge is -2.49. The van der Waals surface area contributed by atoms with Crippen molar-refractivity contribution in [3.63, 3.8) is 0 Å². The second kappa shape index (κ2) is 21.6. The molecule has 2 aliphatic rings. The summed E-state index contributed by atoms with van der Waals surface area (Å²) in [5.41, 5.74) is 21.0. The molecule has 94 heavy (non-hydrogen) atoms. The fourth-order valence-electron chi connectivity index (χ4n) is 15.1. The van der Waals surface area contributed by atoms with Gasteiger partial charge in [0.1, 0.15) is 11.2 Å². The first-order valence-corrected chi connectivity index (χ1v) is 34.2. The standard InChI is InChI=1S/C45H35N3S.C42H33NOS/c1-44(2)36-27-31(22-23-33(36)34-24-25-38-39(40(34)45(44,3)4)35-20-11-12-21-37(35)49-38)30-18-13-19-32(26-30)43-47-41(28-14-7-5-8-15-28)46-42(48-43)29-16-9-6-10-17-29;1-41(2)35-22-27(18-20-29(35)33-24-34-32-15-9-11-17-39(32)45-40(34)25-36(33)42(41,3)4)43(26-12-6-5-7-13-26)28-19-21-31-30-14-8-10-16-37(30)44-38(31)23-28/h5-27H,1-4H3;5-25H,1-4H3. The average Bonchev–Trinajstić information content (AvgIpc) is 1.05. The summed E-state index contributed by atoms with van der Waals surface area (Å²) in [4.78, 5) is 17.2. The fraction of sp³-hybridized carbons (Fsp3) is 0.138. The highest BCUT2D eigenvalue weighted by Gasteiger charge is 2.48. The predicted molar refractivity (Wildman–Crippen MR) is 399 cm³/mol. The highest BCUT2D eigenvalue weighted by atomic mass is 32.1. The van der Waals surface area contributed by atoms with Crippen LogP contribution in [0.5, 0.6) is 0 Å². The summed E-state index contributed by atoms with van der Waals surface area (Å²) in [7, 11) is 0. The SMILES string of the molecule is CC1(C)c2cc(-c3cccc(-c4nc(-c5ccccc5)nc(-c5ccccc5)n4)c3)ccc2-c2ccc3sc4ccccc4c3c2C1(C)C.CC1(C)c2cc(N(c3ccccc3)c3ccc4c(c3)oc3ccccc34)ccc2-c2cc3c(cc2C1(C)C)sc1ccccc13. The molecule has 0 atom stereocenters. The van der Waals surface area contributed by atoms with Crippen LogP contribution in [0.1, 0.15) is 77.6 Å². The van der Waals surface area contributed by atoms with Gasteiger partial charge in [0.05, 0.1) is 0 Å². The van der Waals surface area contributed by atoms with Crippen LogP contribution in [0.15, 0.2) is 271 Å². The monoisotopic (exact) mass is 1250 g/mol. The van der Waals surface area contributed by atoms with Crippen molar-refractivity contribution in [2.24, 2.45) is 0 Å². The van der Waals surface area contributed by atoms with Gasteiger partial charge in [-0.15, -0.1) is 22.7 Å². The number of nitrogens with zero attached hydrogens (tertiary/aromatic N) is 4. The molecular formula is C87H68N4OS2. The van der Waals surface area contributed by atoms with E-state index in [0.717, 1.165) is 61.3 Å². The van der Waals surface area contributed by atoms with Gasteiger partial charge in [-0.05, 0) is 157 Å². The van der Waals surface area contributed by atoms with Gasteiger partial charge in [-0.2, -0.15) is 0 Å².